The summed E-state index contributed by atoms with van der Waals surface area (Å²) < 4.78 is 18.1. The maximum Gasteiger partial charge on any atom is 0.286 e. The maximum absolute atomic E-state index is 12.9. The van der Waals surface area contributed by atoms with Gasteiger partial charge in [0.1, 0.15) is 11.5 Å². The summed E-state index contributed by atoms with van der Waals surface area (Å²) in [7, 11) is 0. The Morgan fingerprint density at radius 3 is 2.59 bits per heavy atom. The van der Waals surface area contributed by atoms with E-state index in [1.807, 2.05) is 0 Å². The Kier molecular flexibility index (Phi) is 3.30. The van der Waals surface area contributed by atoms with E-state index < -0.39 is 17.6 Å². The molecule has 0 saturated carbocycles. The highest BCUT2D eigenvalue weighted by molar-refractivity contribution is 6.13. The standard InChI is InChI=1S/C15H10FN3O3/c16-9-5-3-8(4-6-9)14(21)19-11-10-2-1-7-18-15(10)22-12(11)13(17)20/h1-7H,(H2,17,20)(H,19,21). The molecular weight excluding hydrogens is 289 g/mol. The van der Waals surface area contributed by atoms with Crippen molar-refractivity contribution in [1.82, 2.24) is 4.98 Å². The van der Waals surface area contributed by atoms with Crippen molar-refractivity contribution in [3.8, 4) is 0 Å². The number of amides is 2. The van der Waals surface area contributed by atoms with Gasteiger partial charge in [0.2, 0.25) is 11.5 Å². The fourth-order valence-corrected chi connectivity index (χ4v) is 2.02. The number of carbonyl (C=O) groups excluding carboxylic acids is 2. The normalized spacial score (nSPS) is 10.6. The number of rotatable bonds is 3. The average molecular weight is 299 g/mol. The Labute approximate surface area is 123 Å². The molecule has 0 atom stereocenters. The van der Waals surface area contributed by atoms with Gasteiger partial charge >= 0.3 is 0 Å². The van der Waals surface area contributed by atoms with E-state index in [1.165, 1.54) is 30.5 Å². The molecule has 0 spiro atoms. The summed E-state index contributed by atoms with van der Waals surface area (Å²) >= 11 is 0. The van der Waals surface area contributed by atoms with E-state index in [4.69, 9.17) is 10.2 Å². The number of halogens is 1. The van der Waals surface area contributed by atoms with E-state index in [9.17, 15) is 14.0 Å². The van der Waals surface area contributed by atoms with Gasteiger partial charge < -0.3 is 15.5 Å². The molecule has 2 amide bonds. The lowest BCUT2D eigenvalue weighted by Gasteiger charge is -2.04. The Hall–Kier alpha value is -3.22. The van der Waals surface area contributed by atoms with Crippen LogP contribution in [0.5, 0.6) is 0 Å². The summed E-state index contributed by atoms with van der Waals surface area (Å²) in [5.41, 5.74) is 5.81. The molecule has 6 nitrogen and oxygen atoms in total. The van der Waals surface area contributed by atoms with Crippen LogP contribution in [0.4, 0.5) is 10.1 Å². The number of carbonyl (C=O) groups is 2. The first kappa shape index (κ1) is 13.7. The van der Waals surface area contributed by atoms with Gasteiger partial charge in [-0.15, -0.1) is 0 Å². The molecule has 2 heterocycles. The van der Waals surface area contributed by atoms with Crippen LogP contribution in [0.25, 0.3) is 11.1 Å². The average Bonchev–Trinajstić information content (AvgIpc) is 2.87. The zero-order valence-electron chi connectivity index (χ0n) is 11.2. The molecule has 110 valence electrons. The van der Waals surface area contributed by atoms with Crippen molar-refractivity contribution in [2.45, 2.75) is 0 Å². The molecule has 0 fully saturated rings. The number of benzene rings is 1. The van der Waals surface area contributed by atoms with Gasteiger partial charge in [-0.25, -0.2) is 9.37 Å². The first-order chi connectivity index (χ1) is 10.6. The second kappa shape index (κ2) is 5.28. The van der Waals surface area contributed by atoms with Gasteiger partial charge in [0.05, 0.1) is 5.39 Å². The van der Waals surface area contributed by atoms with Crippen molar-refractivity contribution >= 4 is 28.6 Å². The number of pyridine rings is 1. The van der Waals surface area contributed by atoms with Crippen LogP contribution in [-0.2, 0) is 0 Å². The summed E-state index contributed by atoms with van der Waals surface area (Å²) in [6.07, 6.45) is 1.49. The van der Waals surface area contributed by atoms with E-state index in [-0.39, 0.29) is 22.7 Å². The Balaban J connectivity index is 2.02. The summed E-state index contributed by atoms with van der Waals surface area (Å²) in [4.78, 5) is 27.6. The van der Waals surface area contributed by atoms with Gasteiger partial charge in [-0.2, -0.15) is 0 Å². The molecule has 2 aromatic heterocycles. The first-order valence-corrected chi connectivity index (χ1v) is 6.30. The zero-order chi connectivity index (χ0) is 15.7. The number of nitrogens with one attached hydrogen (secondary N) is 1. The van der Waals surface area contributed by atoms with Crippen LogP contribution in [0.15, 0.2) is 47.0 Å². The van der Waals surface area contributed by atoms with Crippen LogP contribution in [0.1, 0.15) is 20.9 Å². The number of nitrogens with two attached hydrogens (primary N) is 1. The molecule has 0 bridgehead atoms. The van der Waals surface area contributed by atoms with E-state index in [0.717, 1.165) is 0 Å². The van der Waals surface area contributed by atoms with Crippen molar-refractivity contribution in [2.75, 3.05) is 5.32 Å². The number of anilines is 1. The second-order valence-corrected chi connectivity index (χ2v) is 4.49. The van der Waals surface area contributed by atoms with Crippen molar-refractivity contribution < 1.29 is 18.4 Å². The molecule has 0 aliphatic heterocycles. The zero-order valence-corrected chi connectivity index (χ0v) is 11.2. The molecule has 3 N–H and O–H groups in total. The number of furan rings is 1. The van der Waals surface area contributed by atoms with E-state index in [1.54, 1.807) is 12.1 Å². The predicted molar refractivity (Wildman–Crippen MR) is 76.9 cm³/mol. The largest absolute Gasteiger partial charge is 0.430 e. The molecule has 0 radical (unpaired) electrons. The third-order valence-electron chi connectivity index (χ3n) is 3.04. The lowest BCUT2D eigenvalue weighted by Crippen LogP contribution is -2.17. The fraction of sp³-hybridized carbons (Fsp3) is 0. The molecular formula is C15H10FN3O3. The minimum atomic E-state index is -0.826. The summed E-state index contributed by atoms with van der Waals surface area (Å²) in [5, 5.41) is 3.01. The number of fused-ring (bicyclic) bond motifs is 1. The van der Waals surface area contributed by atoms with Gasteiger partial charge in [0, 0.05) is 11.8 Å². The van der Waals surface area contributed by atoms with Gasteiger partial charge in [-0.05, 0) is 36.4 Å². The number of aromatic nitrogens is 1. The lowest BCUT2D eigenvalue weighted by atomic mass is 10.2. The van der Waals surface area contributed by atoms with E-state index in [0.29, 0.717) is 5.39 Å². The minimum absolute atomic E-state index is 0.143. The first-order valence-electron chi connectivity index (χ1n) is 6.30. The fourth-order valence-electron chi connectivity index (χ4n) is 2.02. The number of hydrogen-bond acceptors (Lipinski definition) is 4. The molecule has 22 heavy (non-hydrogen) atoms. The van der Waals surface area contributed by atoms with Crippen molar-refractivity contribution in [2.24, 2.45) is 5.73 Å². The van der Waals surface area contributed by atoms with Gasteiger partial charge in [0.25, 0.3) is 11.8 Å². The van der Waals surface area contributed by atoms with E-state index in [2.05, 4.69) is 10.3 Å². The quantitative estimate of drug-likeness (QED) is 0.775. The van der Waals surface area contributed by atoms with Gasteiger partial charge in [-0.3, -0.25) is 9.59 Å². The molecule has 0 aliphatic carbocycles. The van der Waals surface area contributed by atoms with Crippen LogP contribution in [0.3, 0.4) is 0 Å². The number of nitrogens with zero attached hydrogens (tertiary/aromatic N) is 1. The molecule has 0 unspecified atom stereocenters. The van der Waals surface area contributed by atoms with Crippen LogP contribution < -0.4 is 11.1 Å². The highest BCUT2D eigenvalue weighted by atomic mass is 19.1. The molecule has 1 aromatic carbocycles. The van der Waals surface area contributed by atoms with Crippen molar-refractivity contribution in [1.29, 1.82) is 0 Å². The second-order valence-electron chi connectivity index (χ2n) is 4.49. The van der Waals surface area contributed by atoms with Crippen LogP contribution in [0.2, 0.25) is 0 Å². The summed E-state index contributed by atoms with van der Waals surface area (Å²) in [5.74, 6) is -1.99. The Bertz CT molecular complexity index is 871. The molecule has 7 heteroatoms. The smallest absolute Gasteiger partial charge is 0.286 e. The summed E-state index contributed by atoms with van der Waals surface area (Å²) in [6.45, 7) is 0. The maximum atomic E-state index is 12.9. The lowest BCUT2D eigenvalue weighted by molar-refractivity contribution is 0.0977. The number of primary amides is 1. The molecule has 3 rings (SSSR count). The SMILES string of the molecule is NC(=O)c1oc2ncccc2c1NC(=O)c1ccc(F)cc1. The Morgan fingerprint density at radius 1 is 1.18 bits per heavy atom. The molecule has 0 saturated heterocycles. The van der Waals surface area contributed by atoms with Crippen LogP contribution >= 0.6 is 0 Å². The highest BCUT2D eigenvalue weighted by Gasteiger charge is 2.21. The Morgan fingerprint density at radius 2 is 1.91 bits per heavy atom. The topological polar surface area (TPSA) is 98.2 Å². The van der Waals surface area contributed by atoms with Crippen molar-refractivity contribution in [3.63, 3.8) is 0 Å². The minimum Gasteiger partial charge on any atom is -0.430 e. The van der Waals surface area contributed by atoms with Gasteiger partial charge in [0.15, 0.2) is 0 Å². The highest BCUT2D eigenvalue weighted by Crippen LogP contribution is 2.29. The van der Waals surface area contributed by atoms with Crippen molar-refractivity contribution in [3.05, 3.63) is 59.7 Å². The summed E-state index contributed by atoms with van der Waals surface area (Å²) in [6, 6.07) is 8.26. The number of hydrogen-bond donors (Lipinski definition) is 2. The third-order valence-corrected chi connectivity index (χ3v) is 3.04. The predicted octanol–water partition coefficient (Wildman–Crippen LogP) is 2.32. The van der Waals surface area contributed by atoms with Crippen LogP contribution in [0, 0.1) is 5.82 Å². The van der Waals surface area contributed by atoms with Crippen LogP contribution in [-0.4, -0.2) is 16.8 Å². The molecule has 3 aromatic rings. The van der Waals surface area contributed by atoms with E-state index >= 15 is 0 Å². The molecule has 0 aliphatic rings. The van der Waals surface area contributed by atoms with Gasteiger partial charge in [-0.1, -0.05) is 0 Å². The third kappa shape index (κ3) is 2.39. The monoisotopic (exact) mass is 299 g/mol.